The smallest absolute Gasteiger partial charge is 0.0455 e. The van der Waals surface area contributed by atoms with Crippen molar-refractivity contribution in [2.24, 2.45) is 0 Å². The summed E-state index contributed by atoms with van der Waals surface area (Å²) in [6.45, 7) is 0.980. The summed E-state index contributed by atoms with van der Waals surface area (Å²) in [6, 6.07) is 14.6. The molecule has 1 aliphatic heterocycles. The fraction of sp³-hybridized carbons (Fsp3) is 0.214. The fourth-order valence-electron chi connectivity index (χ4n) is 2.27. The van der Waals surface area contributed by atoms with Crippen LogP contribution >= 0.6 is 0 Å². The van der Waals surface area contributed by atoms with Crippen molar-refractivity contribution in [3.05, 3.63) is 59.9 Å². The number of fused-ring (bicyclic) bond motifs is 1. The Hall–Kier alpha value is -1.83. The maximum atomic E-state index is 4.44. The van der Waals surface area contributed by atoms with Crippen molar-refractivity contribution < 1.29 is 0 Å². The first-order chi connectivity index (χ1) is 7.93. The molecule has 0 saturated carbocycles. The van der Waals surface area contributed by atoms with E-state index < -0.39 is 0 Å². The Kier molecular flexibility index (Phi) is 2.33. The van der Waals surface area contributed by atoms with Crippen LogP contribution in [-0.4, -0.2) is 11.5 Å². The van der Waals surface area contributed by atoms with Crippen LogP contribution in [-0.2, 0) is 6.42 Å². The normalized spacial score (nSPS) is 18.6. The molecular weight excluding hydrogens is 196 g/mol. The van der Waals surface area contributed by atoms with E-state index in [4.69, 9.17) is 0 Å². The minimum atomic E-state index is 0.496. The Morgan fingerprint density at radius 2 is 1.94 bits per heavy atom. The minimum absolute atomic E-state index is 0.496. The van der Waals surface area contributed by atoms with Crippen LogP contribution in [0.5, 0.6) is 0 Å². The van der Waals surface area contributed by atoms with E-state index in [0.717, 1.165) is 13.0 Å². The lowest BCUT2D eigenvalue weighted by Gasteiger charge is -2.25. The topological polar surface area (TPSA) is 24.9 Å². The van der Waals surface area contributed by atoms with E-state index >= 15 is 0 Å². The van der Waals surface area contributed by atoms with Crippen LogP contribution in [0, 0.1) is 0 Å². The number of nitrogens with zero attached hydrogens (tertiary/aromatic N) is 1. The standard InChI is InChI=1S/C14H14N2/c1-2-6-13-11(5-1)9-12(10-16-13)14-7-3-4-8-15-14/h1-8,12,16H,9-10H2. The summed E-state index contributed by atoms with van der Waals surface area (Å²) in [6.07, 6.45) is 2.95. The maximum absolute atomic E-state index is 4.44. The van der Waals surface area contributed by atoms with E-state index in [-0.39, 0.29) is 0 Å². The van der Waals surface area contributed by atoms with E-state index in [0.29, 0.717) is 5.92 Å². The van der Waals surface area contributed by atoms with Gasteiger partial charge >= 0.3 is 0 Å². The zero-order valence-corrected chi connectivity index (χ0v) is 9.06. The summed E-state index contributed by atoms with van der Waals surface area (Å²) in [4.78, 5) is 4.44. The Bertz CT molecular complexity index is 479. The van der Waals surface area contributed by atoms with Gasteiger partial charge in [-0.1, -0.05) is 24.3 Å². The maximum Gasteiger partial charge on any atom is 0.0455 e. The molecule has 0 bridgehead atoms. The van der Waals surface area contributed by atoms with Gasteiger partial charge in [0.05, 0.1) is 0 Å². The van der Waals surface area contributed by atoms with Gasteiger partial charge in [-0.25, -0.2) is 0 Å². The van der Waals surface area contributed by atoms with Gasteiger partial charge in [-0.2, -0.15) is 0 Å². The van der Waals surface area contributed by atoms with Crippen LogP contribution in [0.4, 0.5) is 5.69 Å². The molecule has 3 rings (SSSR count). The van der Waals surface area contributed by atoms with E-state index in [9.17, 15) is 0 Å². The van der Waals surface area contributed by atoms with E-state index in [1.807, 2.05) is 12.3 Å². The molecule has 1 aromatic heterocycles. The number of hydrogen-bond donors (Lipinski definition) is 1. The summed E-state index contributed by atoms with van der Waals surface area (Å²) in [5, 5.41) is 3.47. The Morgan fingerprint density at radius 1 is 1.06 bits per heavy atom. The van der Waals surface area contributed by atoms with Crippen LogP contribution in [0.15, 0.2) is 48.7 Å². The third kappa shape index (κ3) is 1.67. The lowest BCUT2D eigenvalue weighted by Crippen LogP contribution is -2.22. The first-order valence-electron chi connectivity index (χ1n) is 5.66. The second kappa shape index (κ2) is 3.97. The number of anilines is 1. The summed E-state index contributed by atoms with van der Waals surface area (Å²) in [5.41, 5.74) is 3.85. The highest BCUT2D eigenvalue weighted by Gasteiger charge is 2.19. The first-order valence-corrected chi connectivity index (χ1v) is 5.66. The van der Waals surface area contributed by atoms with Crippen LogP contribution in [0.1, 0.15) is 17.2 Å². The average molecular weight is 210 g/mol. The first kappa shape index (κ1) is 9.40. The molecule has 1 aliphatic rings. The number of aromatic nitrogens is 1. The number of benzene rings is 1. The van der Waals surface area contributed by atoms with Crippen LogP contribution < -0.4 is 5.32 Å². The van der Waals surface area contributed by atoms with Gasteiger partial charge in [-0.05, 0) is 30.2 Å². The highest BCUT2D eigenvalue weighted by atomic mass is 14.9. The lowest BCUT2D eigenvalue weighted by molar-refractivity contribution is 0.673. The molecule has 80 valence electrons. The van der Waals surface area contributed by atoms with Crippen molar-refractivity contribution in [1.82, 2.24) is 4.98 Å². The van der Waals surface area contributed by atoms with Crippen molar-refractivity contribution in [2.75, 3.05) is 11.9 Å². The largest absolute Gasteiger partial charge is 0.384 e. The number of nitrogens with one attached hydrogen (secondary N) is 1. The van der Waals surface area contributed by atoms with Gasteiger partial charge in [0.2, 0.25) is 0 Å². The Morgan fingerprint density at radius 3 is 2.81 bits per heavy atom. The highest BCUT2D eigenvalue weighted by Crippen LogP contribution is 2.28. The SMILES string of the molecule is c1ccc(C2CNc3ccccc3C2)nc1. The van der Waals surface area contributed by atoms with Gasteiger partial charge in [0, 0.05) is 30.0 Å². The molecule has 0 saturated heterocycles. The zero-order chi connectivity index (χ0) is 10.8. The van der Waals surface area contributed by atoms with Gasteiger partial charge < -0.3 is 5.32 Å². The van der Waals surface area contributed by atoms with Crippen molar-refractivity contribution >= 4 is 5.69 Å². The van der Waals surface area contributed by atoms with Gasteiger partial charge in [0.15, 0.2) is 0 Å². The predicted octanol–water partition coefficient (Wildman–Crippen LogP) is 2.83. The summed E-state index contributed by atoms with van der Waals surface area (Å²) in [5.74, 6) is 0.496. The van der Waals surface area contributed by atoms with E-state index in [1.165, 1.54) is 16.9 Å². The summed E-state index contributed by atoms with van der Waals surface area (Å²) in [7, 11) is 0. The van der Waals surface area contributed by atoms with Crippen molar-refractivity contribution in [1.29, 1.82) is 0 Å². The summed E-state index contributed by atoms with van der Waals surface area (Å²) < 4.78 is 0. The molecule has 0 fully saturated rings. The molecule has 1 N–H and O–H groups in total. The second-order valence-electron chi connectivity index (χ2n) is 4.19. The molecule has 1 unspecified atom stereocenters. The van der Waals surface area contributed by atoms with Crippen molar-refractivity contribution in [3.63, 3.8) is 0 Å². The highest BCUT2D eigenvalue weighted by molar-refractivity contribution is 5.54. The molecule has 1 atom stereocenters. The zero-order valence-electron chi connectivity index (χ0n) is 9.06. The van der Waals surface area contributed by atoms with Crippen molar-refractivity contribution in [3.8, 4) is 0 Å². The third-order valence-corrected chi connectivity index (χ3v) is 3.13. The lowest BCUT2D eigenvalue weighted by atomic mass is 9.91. The van der Waals surface area contributed by atoms with Gasteiger partial charge in [0.1, 0.15) is 0 Å². The monoisotopic (exact) mass is 210 g/mol. The quantitative estimate of drug-likeness (QED) is 0.783. The molecule has 0 spiro atoms. The van der Waals surface area contributed by atoms with E-state index in [2.05, 4.69) is 46.7 Å². The van der Waals surface area contributed by atoms with Crippen LogP contribution in [0.25, 0.3) is 0 Å². The molecule has 2 aromatic rings. The number of rotatable bonds is 1. The van der Waals surface area contributed by atoms with Crippen LogP contribution in [0.2, 0.25) is 0 Å². The molecule has 0 amide bonds. The molecular formula is C14H14N2. The van der Waals surface area contributed by atoms with Crippen molar-refractivity contribution in [2.45, 2.75) is 12.3 Å². The second-order valence-corrected chi connectivity index (χ2v) is 4.19. The summed E-state index contributed by atoms with van der Waals surface area (Å²) >= 11 is 0. The molecule has 16 heavy (non-hydrogen) atoms. The molecule has 1 aromatic carbocycles. The average Bonchev–Trinajstić information content (AvgIpc) is 2.39. The Balaban J connectivity index is 1.89. The number of para-hydroxylation sites is 1. The fourth-order valence-corrected chi connectivity index (χ4v) is 2.27. The molecule has 0 radical (unpaired) electrons. The van der Waals surface area contributed by atoms with Gasteiger partial charge in [-0.3, -0.25) is 4.98 Å². The molecule has 2 heterocycles. The van der Waals surface area contributed by atoms with Crippen LogP contribution in [0.3, 0.4) is 0 Å². The molecule has 0 aliphatic carbocycles. The number of hydrogen-bond acceptors (Lipinski definition) is 2. The molecule has 2 nitrogen and oxygen atoms in total. The van der Waals surface area contributed by atoms with E-state index in [1.54, 1.807) is 0 Å². The van der Waals surface area contributed by atoms with Gasteiger partial charge in [0.25, 0.3) is 0 Å². The predicted molar refractivity (Wildman–Crippen MR) is 65.6 cm³/mol. The number of pyridine rings is 1. The minimum Gasteiger partial charge on any atom is -0.384 e. The Labute approximate surface area is 95.3 Å². The van der Waals surface area contributed by atoms with Gasteiger partial charge in [-0.15, -0.1) is 0 Å². The molecule has 2 heteroatoms. The third-order valence-electron chi connectivity index (χ3n) is 3.13.